The maximum atomic E-state index is 12.6. The zero-order chi connectivity index (χ0) is 18.5. The number of halogens is 1. The van der Waals surface area contributed by atoms with Gasteiger partial charge >= 0.3 is 0 Å². The zero-order valence-electron chi connectivity index (χ0n) is 16.9. The van der Waals surface area contributed by atoms with Crippen molar-refractivity contribution in [2.75, 3.05) is 52.9 Å². The lowest BCUT2D eigenvalue weighted by molar-refractivity contribution is 0.0788. The molecule has 2 unspecified atom stereocenters. The highest BCUT2D eigenvalue weighted by Crippen LogP contribution is 2.16. The minimum atomic E-state index is -0.0627. The zero-order valence-corrected chi connectivity index (χ0v) is 17.7. The van der Waals surface area contributed by atoms with E-state index in [1.807, 2.05) is 16.9 Å². The average Bonchev–Trinajstić information content (AvgIpc) is 3.14. The molecule has 1 aromatic rings. The number of hydrogen-bond acceptors (Lipinski definition) is 5. The van der Waals surface area contributed by atoms with Crippen molar-refractivity contribution in [3.8, 4) is 0 Å². The highest BCUT2D eigenvalue weighted by molar-refractivity contribution is 5.92. The van der Waals surface area contributed by atoms with Crippen LogP contribution in [0.25, 0.3) is 0 Å². The number of piperidine rings is 1. The quantitative estimate of drug-likeness (QED) is 0.754. The molecule has 2 aliphatic rings. The van der Waals surface area contributed by atoms with E-state index in [0.717, 1.165) is 52.1 Å². The Morgan fingerprint density at radius 3 is 2.70 bits per heavy atom. The summed E-state index contributed by atoms with van der Waals surface area (Å²) in [5, 5.41) is 11.0. The van der Waals surface area contributed by atoms with Gasteiger partial charge in [-0.2, -0.15) is 5.10 Å². The summed E-state index contributed by atoms with van der Waals surface area (Å²) in [6, 6.07) is 2.57. The van der Waals surface area contributed by atoms with Gasteiger partial charge in [-0.1, -0.05) is 13.8 Å². The maximum Gasteiger partial charge on any atom is 0.271 e. The summed E-state index contributed by atoms with van der Waals surface area (Å²) < 4.78 is 1.95. The number of nitrogens with one attached hydrogen (secondary N) is 2. The molecule has 3 heterocycles. The van der Waals surface area contributed by atoms with Crippen molar-refractivity contribution in [3.05, 3.63) is 18.0 Å². The summed E-state index contributed by atoms with van der Waals surface area (Å²) in [5.41, 5.74) is 0.524. The smallest absolute Gasteiger partial charge is 0.271 e. The molecule has 8 heteroatoms. The van der Waals surface area contributed by atoms with Gasteiger partial charge in [-0.05, 0) is 38.4 Å². The second-order valence-corrected chi connectivity index (χ2v) is 8.04. The van der Waals surface area contributed by atoms with Gasteiger partial charge in [0.15, 0.2) is 0 Å². The summed E-state index contributed by atoms with van der Waals surface area (Å²) in [7, 11) is 2.17. The molecule has 0 aromatic carbocycles. The van der Waals surface area contributed by atoms with Crippen LogP contribution in [0.1, 0.15) is 43.2 Å². The molecule has 2 N–H and O–H groups in total. The monoisotopic (exact) mass is 398 g/mol. The fraction of sp³-hybridized carbons (Fsp3) is 0.789. The normalized spacial score (nSPS) is 23.0. The summed E-state index contributed by atoms with van der Waals surface area (Å²) in [4.78, 5) is 17.4. The molecule has 2 saturated heterocycles. The number of carbonyl (C=O) groups excluding carboxylic acids is 1. The number of nitrogens with zero attached hydrogens (tertiary/aromatic N) is 4. The predicted molar refractivity (Wildman–Crippen MR) is 111 cm³/mol. The summed E-state index contributed by atoms with van der Waals surface area (Å²) >= 11 is 0. The van der Waals surface area contributed by atoms with Gasteiger partial charge in [-0.3, -0.25) is 14.4 Å². The molecule has 3 rings (SSSR count). The van der Waals surface area contributed by atoms with E-state index in [-0.39, 0.29) is 18.3 Å². The van der Waals surface area contributed by atoms with Gasteiger partial charge in [-0.15, -0.1) is 12.4 Å². The molecule has 154 valence electrons. The van der Waals surface area contributed by atoms with Crippen LogP contribution in [0.5, 0.6) is 0 Å². The van der Waals surface area contributed by atoms with Crippen molar-refractivity contribution < 1.29 is 4.79 Å². The molecule has 0 radical (unpaired) electrons. The van der Waals surface area contributed by atoms with Crippen LogP contribution in [0.15, 0.2) is 12.3 Å². The molecule has 0 bridgehead atoms. The molecule has 27 heavy (non-hydrogen) atoms. The van der Waals surface area contributed by atoms with Crippen molar-refractivity contribution in [1.82, 2.24) is 30.2 Å². The number of likely N-dealkylation sites (N-methyl/N-ethyl adjacent to an activating group) is 1. The van der Waals surface area contributed by atoms with E-state index in [1.165, 1.54) is 0 Å². The van der Waals surface area contributed by atoms with Crippen LogP contribution in [0.4, 0.5) is 0 Å². The Hall–Kier alpha value is -1.15. The Kier molecular flexibility index (Phi) is 8.54. The van der Waals surface area contributed by atoms with E-state index in [2.05, 4.69) is 46.4 Å². The molecule has 2 fully saturated rings. The minimum Gasteiger partial charge on any atom is -0.349 e. The molecular formula is C19H35ClN6O. The third-order valence-corrected chi connectivity index (χ3v) is 5.73. The van der Waals surface area contributed by atoms with E-state index < -0.39 is 0 Å². The number of piperazine rings is 1. The Morgan fingerprint density at radius 1 is 1.33 bits per heavy atom. The van der Waals surface area contributed by atoms with Crippen LogP contribution in [0, 0.1) is 5.92 Å². The average molecular weight is 399 g/mol. The van der Waals surface area contributed by atoms with Crippen molar-refractivity contribution in [3.63, 3.8) is 0 Å². The fourth-order valence-corrected chi connectivity index (χ4v) is 3.95. The molecule has 0 aliphatic carbocycles. The van der Waals surface area contributed by atoms with E-state index in [4.69, 9.17) is 0 Å². The van der Waals surface area contributed by atoms with Gasteiger partial charge in [0.25, 0.3) is 5.91 Å². The van der Waals surface area contributed by atoms with Crippen LogP contribution in [0.3, 0.4) is 0 Å². The lowest BCUT2D eigenvalue weighted by Gasteiger charge is -2.39. The van der Waals surface area contributed by atoms with Crippen LogP contribution in [0.2, 0.25) is 0 Å². The SMILES string of the molecule is CC(C)C(CNC(=O)c1ccn(C2CCCNC2)n1)N1CCN(C)CC1.Cl. The van der Waals surface area contributed by atoms with Crippen molar-refractivity contribution in [2.24, 2.45) is 5.92 Å². The lowest BCUT2D eigenvalue weighted by atomic mass is 10.0. The van der Waals surface area contributed by atoms with Crippen molar-refractivity contribution in [1.29, 1.82) is 0 Å². The van der Waals surface area contributed by atoms with Crippen LogP contribution >= 0.6 is 12.4 Å². The second-order valence-electron chi connectivity index (χ2n) is 8.04. The lowest BCUT2D eigenvalue weighted by Crippen LogP contribution is -2.54. The van der Waals surface area contributed by atoms with Gasteiger partial charge in [0.2, 0.25) is 0 Å². The van der Waals surface area contributed by atoms with E-state index in [1.54, 1.807) is 0 Å². The second kappa shape index (κ2) is 10.4. The molecule has 1 aromatic heterocycles. The first-order chi connectivity index (χ1) is 12.5. The summed E-state index contributed by atoms with van der Waals surface area (Å²) in [5.74, 6) is 0.442. The minimum absolute atomic E-state index is 0. The summed E-state index contributed by atoms with van der Waals surface area (Å²) in [6.45, 7) is 11.5. The number of amides is 1. The third kappa shape index (κ3) is 5.91. The van der Waals surface area contributed by atoms with E-state index >= 15 is 0 Å². The number of aromatic nitrogens is 2. The molecule has 2 aliphatic heterocycles. The van der Waals surface area contributed by atoms with Crippen molar-refractivity contribution >= 4 is 18.3 Å². The van der Waals surface area contributed by atoms with Gasteiger partial charge in [0, 0.05) is 51.5 Å². The largest absolute Gasteiger partial charge is 0.349 e. The number of carbonyl (C=O) groups is 1. The van der Waals surface area contributed by atoms with Crippen molar-refractivity contribution in [2.45, 2.75) is 38.8 Å². The first-order valence-corrected chi connectivity index (χ1v) is 10.0. The standard InChI is InChI=1S/C19H34N6O.ClH/c1-15(2)18(24-11-9-23(3)10-12-24)14-21-19(26)17-6-8-25(22-17)16-5-4-7-20-13-16;/h6,8,15-16,18,20H,4-5,7,9-14H2,1-3H3,(H,21,26);1H. The number of hydrogen-bond donors (Lipinski definition) is 2. The molecule has 2 atom stereocenters. The number of rotatable bonds is 6. The van der Waals surface area contributed by atoms with E-state index in [9.17, 15) is 4.79 Å². The molecular weight excluding hydrogens is 364 g/mol. The van der Waals surface area contributed by atoms with Gasteiger partial charge in [0.05, 0.1) is 6.04 Å². The molecule has 7 nitrogen and oxygen atoms in total. The molecule has 0 spiro atoms. The third-order valence-electron chi connectivity index (χ3n) is 5.73. The summed E-state index contributed by atoms with van der Waals surface area (Å²) in [6.07, 6.45) is 4.22. The predicted octanol–water partition coefficient (Wildman–Crippen LogP) is 1.23. The Bertz CT molecular complexity index is 579. The Labute approximate surface area is 169 Å². The maximum absolute atomic E-state index is 12.6. The molecule has 0 saturated carbocycles. The van der Waals surface area contributed by atoms with Gasteiger partial charge < -0.3 is 15.5 Å². The van der Waals surface area contributed by atoms with E-state index in [0.29, 0.717) is 30.2 Å². The highest BCUT2D eigenvalue weighted by atomic mass is 35.5. The van der Waals surface area contributed by atoms with Crippen LogP contribution in [-0.2, 0) is 0 Å². The first kappa shape index (κ1) is 22.1. The topological polar surface area (TPSA) is 65.4 Å². The fourth-order valence-electron chi connectivity index (χ4n) is 3.95. The van der Waals surface area contributed by atoms with Gasteiger partial charge in [0.1, 0.15) is 5.69 Å². The van der Waals surface area contributed by atoms with Crippen LogP contribution < -0.4 is 10.6 Å². The highest BCUT2D eigenvalue weighted by Gasteiger charge is 2.26. The molecule has 1 amide bonds. The van der Waals surface area contributed by atoms with Gasteiger partial charge in [-0.25, -0.2) is 0 Å². The first-order valence-electron chi connectivity index (χ1n) is 10.0. The van der Waals surface area contributed by atoms with Crippen LogP contribution in [-0.4, -0.2) is 84.4 Å². The Balaban J connectivity index is 0.00000261. The Morgan fingerprint density at radius 2 is 2.07 bits per heavy atom.